The number of amides is 3. The van der Waals surface area contributed by atoms with Crippen molar-refractivity contribution < 1.29 is 23.9 Å². The van der Waals surface area contributed by atoms with Crippen LogP contribution in [0, 0.1) is 0 Å². The summed E-state index contributed by atoms with van der Waals surface area (Å²) in [6.45, 7) is 1.87. The summed E-state index contributed by atoms with van der Waals surface area (Å²) in [4.78, 5) is 35.9. The van der Waals surface area contributed by atoms with Gasteiger partial charge in [-0.25, -0.2) is 5.43 Å². The van der Waals surface area contributed by atoms with E-state index in [9.17, 15) is 14.4 Å². The molecule has 3 amide bonds. The van der Waals surface area contributed by atoms with Crippen LogP contribution in [0.25, 0.3) is 0 Å². The third kappa shape index (κ3) is 8.01. The minimum Gasteiger partial charge on any atom is -0.497 e. The van der Waals surface area contributed by atoms with Gasteiger partial charge in [0.15, 0.2) is 6.61 Å². The number of methoxy groups -OCH3 is 1. The van der Waals surface area contributed by atoms with Gasteiger partial charge in [0.25, 0.3) is 5.91 Å². The molecule has 0 unspecified atom stereocenters. The first kappa shape index (κ1) is 25.0. The summed E-state index contributed by atoms with van der Waals surface area (Å²) in [5.74, 6) is -0.817. The molecule has 0 aliphatic heterocycles. The SMILES string of the molecule is CCc1ccc(NC(=O)C(=O)N/N=C\c2ccc(OCC(=O)Nc3ccc(OC)cc3)cc2)cc1. The number of hydrogen-bond donors (Lipinski definition) is 3. The van der Waals surface area contributed by atoms with Gasteiger partial charge in [0.05, 0.1) is 13.3 Å². The normalized spacial score (nSPS) is 10.5. The van der Waals surface area contributed by atoms with Gasteiger partial charge in [-0.05, 0) is 78.2 Å². The zero-order valence-electron chi connectivity index (χ0n) is 19.4. The van der Waals surface area contributed by atoms with Crippen LogP contribution in [-0.2, 0) is 20.8 Å². The number of carbonyl (C=O) groups excluding carboxylic acids is 3. The number of aryl methyl sites for hydroxylation is 1. The molecule has 3 aromatic rings. The van der Waals surface area contributed by atoms with Gasteiger partial charge in [0.1, 0.15) is 11.5 Å². The van der Waals surface area contributed by atoms with Crippen LogP contribution in [0.15, 0.2) is 77.9 Å². The fraction of sp³-hybridized carbons (Fsp3) is 0.154. The van der Waals surface area contributed by atoms with E-state index in [1.807, 2.05) is 19.1 Å². The van der Waals surface area contributed by atoms with Gasteiger partial charge in [0.2, 0.25) is 0 Å². The van der Waals surface area contributed by atoms with E-state index in [4.69, 9.17) is 9.47 Å². The summed E-state index contributed by atoms with van der Waals surface area (Å²) in [7, 11) is 1.57. The average Bonchev–Trinajstić information content (AvgIpc) is 2.89. The van der Waals surface area contributed by atoms with Crippen LogP contribution >= 0.6 is 0 Å². The van der Waals surface area contributed by atoms with E-state index in [1.54, 1.807) is 67.8 Å². The molecule has 0 aliphatic carbocycles. The van der Waals surface area contributed by atoms with Crippen LogP contribution in [0.1, 0.15) is 18.1 Å². The third-order valence-electron chi connectivity index (χ3n) is 4.83. The van der Waals surface area contributed by atoms with E-state index in [-0.39, 0.29) is 12.5 Å². The number of benzene rings is 3. The first-order valence-corrected chi connectivity index (χ1v) is 10.9. The van der Waals surface area contributed by atoms with Gasteiger partial charge >= 0.3 is 11.8 Å². The first-order chi connectivity index (χ1) is 17.0. The Hall–Kier alpha value is -4.66. The molecular weight excluding hydrogens is 448 g/mol. The monoisotopic (exact) mass is 474 g/mol. The zero-order valence-corrected chi connectivity index (χ0v) is 19.4. The van der Waals surface area contributed by atoms with Gasteiger partial charge in [0, 0.05) is 11.4 Å². The summed E-state index contributed by atoms with van der Waals surface area (Å²) in [6, 6.07) is 20.9. The maximum absolute atomic E-state index is 12.1. The topological polar surface area (TPSA) is 118 Å². The number of hydrogen-bond acceptors (Lipinski definition) is 6. The number of rotatable bonds is 9. The van der Waals surface area contributed by atoms with Gasteiger partial charge in [-0.15, -0.1) is 0 Å². The van der Waals surface area contributed by atoms with Crippen LogP contribution in [0.3, 0.4) is 0 Å². The molecule has 0 atom stereocenters. The van der Waals surface area contributed by atoms with Crippen molar-refractivity contribution in [2.24, 2.45) is 5.10 Å². The Morgan fingerprint density at radius 2 is 1.40 bits per heavy atom. The summed E-state index contributed by atoms with van der Waals surface area (Å²) < 4.78 is 10.6. The molecule has 0 aromatic heterocycles. The Morgan fingerprint density at radius 3 is 2.03 bits per heavy atom. The van der Waals surface area contributed by atoms with Crippen molar-refractivity contribution in [2.75, 3.05) is 24.4 Å². The van der Waals surface area contributed by atoms with Crippen molar-refractivity contribution in [3.8, 4) is 11.5 Å². The first-order valence-electron chi connectivity index (χ1n) is 10.9. The highest BCUT2D eigenvalue weighted by Gasteiger charge is 2.12. The summed E-state index contributed by atoms with van der Waals surface area (Å²) in [6.07, 6.45) is 2.28. The number of nitrogens with zero attached hydrogens (tertiary/aromatic N) is 1. The lowest BCUT2D eigenvalue weighted by Crippen LogP contribution is -2.32. The minimum atomic E-state index is -0.886. The second kappa shape index (κ2) is 12.5. The molecule has 3 rings (SSSR count). The number of hydrazone groups is 1. The Bertz CT molecular complexity index is 1170. The lowest BCUT2D eigenvalue weighted by molar-refractivity contribution is -0.136. The van der Waals surface area contributed by atoms with Crippen LogP contribution < -0.4 is 25.5 Å². The Kier molecular flexibility index (Phi) is 8.95. The number of carbonyl (C=O) groups is 3. The highest BCUT2D eigenvalue weighted by molar-refractivity contribution is 6.39. The highest BCUT2D eigenvalue weighted by atomic mass is 16.5. The predicted octanol–water partition coefficient (Wildman–Crippen LogP) is 3.36. The maximum Gasteiger partial charge on any atom is 0.329 e. The molecule has 9 heteroatoms. The maximum atomic E-state index is 12.1. The van der Waals surface area contributed by atoms with E-state index in [0.29, 0.717) is 28.4 Å². The predicted molar refractivity (Wildman–Crippen MR) is 134 cm³/mol. The van der Waals surface area contributed by atoms with E-state index in [0.717, 1.165) is 12.0 Å². The molecule has 0 bridgehead atoms. The van der Waals surface area contributed by atoms with Crippen molar-refractivity contribution in [3.63, 3.8) is 0 Å². The fourth-order valence-corrected chi connectivity index (χ4v) is 2.90. The standard InChI is InChI=1S/C26H26N4O5/c1-3-18-4-8-21(9-5-18)29-25(32)26(33)30-27-16-19-6-12-23(13-7-19)35-17-24(31)28-20-10-14-22(34-2)15-11-20/h4-16H,3,17H2,1-2H3,(H,28,31)(H,29,32)(H,30,33)/b27-16-. The smallest absolute Gasteiger partial charge is 0.329 e. The van der Waals surface area contributed by atoms with Gasteiger partial charge in [-0.2, -0.15) is 5.10 Å². The third-order valence-corrected chi connectivity index (χ3v) is 4.83. The Labute approximate surface area is 203 Å². The molecule has 35 heavy (non-hydrogen) atoms. The summed E-state index contributed by atoms with van der Waals surface area (Å²) in [5, 5.41) is 9.04. The van der Waals surface area contributed by atoms with Crippen molar-refractivity contribution in [1.29, 1.82) is 0 Å². The largest absolute Gasteiger partial charge is 0.497 e. The number of nitrogens with one attached hydrogen (secondary N) is 3. The Morgan fingerprint density at radius 1 is 0.800 bits per heavy atom. The summed E-state index contributed by atoms with van der Waals surface area (Å²) in [5.41, 5.74) is 5.14. The van der Waals surface area contributed by atoms with E-state index >= 15 is 0 Å². The molecule has 0 fully saturated rings. The molecule has 180 valence electrons. The molecular formula is C26H26N4O5. The lowest BCUT2D eigenvalue weighted by Gasteiger charge is -2.08. The molecule has 0 saturated heterocycles. The molecule has 0 aliphatic rings. The van der Waals surface area contributed by atoms with E-state index in [1.165, 1.54) is 6.21 Å². The molecule has 3 N–H and O–H groups in total. The lowest BCUT2D eigenvalue weighted by atomic mass is 10.1. The van der Waals surface area contributed by atoms with Gasteiger partial charge in [-0.1, -0.05) is 19.1 Å². The summed E-state index contributed by atoms with van der Waals surface area (Å²) >= 11 is 0. The Balaban J connectivity index is 1.41. The number of anilines is 2. The van der Waals surface area contributed by atoms with Crippen LogP contribution in [-0.4, -0.2) is 37.7 Å². The van der Waals surface area contributed by atoms with E-state index < -0.39 is 11.8 Å². The van der Waals surface area contributed by atoms with Crippen molar-refractivity contribution in [2.45, 2.75) is 13.3 Å². The molecule has 0 spiro atoms. The molecule has 0 heterocycles. The minimum absolute atomic E-state index is 0.161. The van der Waals surface area contributed by atoms with Gasteiger partial charge < -0.3 is 20.1 Å². The van der Waals surface area contributed by atoms with Crippen LogP contribution in [0.2, 0.25) is 0 Å². The molecule has 0 radical (unpaired) electrons. The highest BCUT2D eigenvalue weighted by Crippen LogP contribution is 2.15. The van der Waals surface area contributed by atoms with E-state index in [2.05, 4.69) is 21.2 Å². The van der Waals surface area contributed by atoms with Crippen molar-refractivity contribution >= 4 is 35.3 Å². The van der Waals surface area contributed by atoms with Crippen LogP contribution in [0.5, 0.6) is 11.5 Å². The fourth-order valence-electron chi connectivity index (χ4n) is 2.90. The zero-order chi connectivity index (χ0) is 25.0. The van der Waals surface area contributed by atoms with Gasteiger partial charge in [-0.3, -0.25) is 14.4 Å². The number of ether oxygens (including phenoxy) is 2. The van der Waals surface area contributed by atoms with Crippen molar-refractivity contribution in [1.82, 2.24) is 5.43 Å². The second-order valence-corrected chi connectivity index (χ2v) is 7.34. The molecule has 3 aromatic carbocycles. The van der Waals surface area contributed by atoms with Crippen LogP contribution in [0.4, 0.5) is 11.4 Å². The molecule has 0 saturated carbocycles. The quantitative estimate of drug-likeness (QED) is 0.250. The second-order valence-electron chi connectivity index (χ2n) is 7.34. The average molecular weight is 475 g/mol. The molecule has 9 nitrogen and oxygen atoms in total. The van der Waals surface area contributed by atoms with Crippen molar-refractivity contribution in [3.05, 3.63) is 83.9 Å².